The Balaban J connectivity index is 1.83. The Kier molecular flexibility index (Phi) is 7.95. The average molecular weight is 409 g/mol. The SMILES string of the molecule is CCC(C)C(=O)Nc1cccc(CNC(=O)COc2ccc(Cl)c(Cl)c2)c1. The van der Waals surface area contributed by atoms with E-state index in [1.807, 2.05) is 38.1 Å². The summed E-state index contributed by atoms with van der Waals surface area (Å²) in [5.74, 6) is 0.130. The van der Waals surface area contributed by atoms with E-state index in [4.69, 9.17) is 27.9 Å². The zero-order valence-corrected chi connectivity index (χ0v) is 16.7. The molecule has 2 rings (SSSR count). The van der Waals surface area contributed by atoms with Gasteiger partial charge >= 0.3 is 0 Å². The molecule has 5 nitrogen and oxygen atoms in total. The molecule has 1 atom stereocenters. The van der Waals surface area contributed by atoms with Crippen molar-refractivity contribution < 1.29 is 14.3 Å². The maximum Gasteiger partial charge on any atom is 0.258 e. The smallest absolute Gasteiger partial charge is 0.258 e. The molecule has 27 heavy (non-hydrogen) atoms. The maximum atomic E-state index is 12.0. The molecule has 1 unspecified atom stereocenters. The molecule has 2 amide bonds. The van der Waals surface area contributed by atoms with Crippen molar-refractivity contribution in [1.82, 2.24) is 5.32 Å². The lowest BCUT2D eigenvalue weighted by molar-refractivity contribution is -0.123. The van der Waals surface area contributed by atoms with Crippen LogP contribution in [0.1, 0.15) is 25.8 Å². The molecule has 0 saturated carbocycles. The molecule has 0 aromatic heterocycles. The van der Waals surface area contributed by atoms with Crippen molar-refractivity contribution in [2.75, 3.05) is 11.9 Å². The fourth-order valence-electron chi connectivity index (χ4n) is 2.18. The molecule has 0 aliphatic carbocycles. The third-order valence-electron chi connectivity index (χ3n) is 4.01. The van der Waals surface area contributed by atoms with Gasteiger partial charge in [0.05, 0.1) is 10.0 Å². The summed E-state index contributed by atoms with van der Waals surface area (Å²) in [6, 6.07) is 12.2. The van der Waals surface area contributed by atoms with Gasteiger partial charge in [-0.05, 0) is 36.2 Å². The molecule has 0 radical (unpaired) electrons. The van der Waals surface area contributed by atoms with E-state index >= 15 is 0 Å². The van der Waals surface area contributed by atoms with E-state index in [1.165, 1.54) is 0 Å². The topological polar surface area (TPSA) is 67.4 Å². The molecule has 2 N–H and O–H groups in total. The highest BCUT2D eigenvalue weighted by Gasteiger charge is 2.11. The normalized spacial score (nSPS) is 11.6. The molecule has 0 saturated heterocycles. The molecule has 0 bridgehead atoms. The van der Waals surface area contributed by atoms with Crippen LogP contribution >= 0.6 is 23.2 Å². The summed E-state index contributed by atoms with van der Waals surface area (Å²) in [5.41, 5.74) is 1.58. The summed E-state index contributed by atoms with van der Waals surface area (Å²) >= 11 is 11.7. The molecule has 0 fully saturated rings. The first-order chi connectivity index (χ1) is 12.9. The standard InChI is InChI=1S/C20H22Cl2N2O3/c1-3-13(2)20(26)24-15-6-4-5-14(9-15)11-23-19(25)12-27-16-7-8-17(21)18(22)10-16/h4-10,13H,3,11-12H2,1-2H3,(H,23,25)(H,24,26). The van der Waals surface area contributed by atoms with Crippen molar-refractivity contribution in [2.45, 2.75) is 26.8 Å². The highest BCUT2D eigenvalue weighted by molar-refractivity contribution is 6.42. The van der Waals surface area contributed by atoms with Crippen molar-refractivity contribution in [1.29, 1.82) is 0 Å². The van der Waals surface area contributed by atoms with Gasteiger partial charge in [0, 0.05) is 24.2 Å². The first kappa shape index (κ1) is 21.1. The van der Waals surface area contributed by atoms with Crippen LogP contribution in [0.5, 0.6) is 5.75 Å². The highest BCUT2D eigenvalue weighted by atomic mass is 35.5. The van der Waals surface area contributed by atoms with Crippen molar-refractivity contribution in [3.63, 3.8) is 0 Å². The van der Waals surface area contributed by atoms with E-state index in [0.29, 0.717) is 28.0 Å². The van der Waals surface area contributed by atoms with Gasteiger partial charge in [-0.15, -0.1) is 0 Å². The predicted molar refractivity (Wildman–Crippen MR) is 108 cm³/mol. The Morgan fingerprint density at radius 2 is 1.89 bits per heavy atom. The number of hydrogen-bond donors (Lipinski definition) is 2. The monoisotopic (exact) mass is 408 g/mol. The van der Waals surface area contributed by atoms with E-state index in [-0.39, 0.29) is 24.3 Å². The van der Waals surface area contributed by atoms with Gasteiger partial charge in [0.2, 0.25) is 5.91 Å². The van der Waals surface area contributed by atoms with Crippen molar-refractivity contribution in [3.05, 3.63) is 58.1 Å². The number of nitrogens with one attached hydrogen (secondary N) is 2. The molecule has 0 aliphatic rings. The van der Waals surface area contributed by atoms with E-state index < -0.39 is 0 Å². The van der Waals surface area contributed by atoms with E-state index in [0.717, 1.165) is 12.0 Å². The van der Waals surface area contributed by atoms with Crippen molar-refractivity contribution >= 4 is 40.7 Å². The van der Waals surface area contributed by atoms with Crippen LogP contribution in [-0.4, -0.2) is 18.4 Å². The predicted octanol–water partition coefficient (Wildman–Crippen LogP) is 4.67. The number of ether oxygens (including phenoxy) is 1. The van der Waals surface area contributed by atoms with Gasteiger partial charge in [0.25, 0.3) is 5.91 Å². The second kappa shape index (κ2) is 10.2. The molecule has 0 aliphatic heterocycles. The van der Waals surface area contributed by atoms with Crippen LogP contribution in [-0.2, 0) is 16.1 Å². The lowest BCUT2D eigenvalue weighted by atomic mass is 10.1. The number of anilines is 1. The van der Waals surface area contributed by atoms with Crippen LogP contribution in [0.25, 0.3) is 0 Å². The minimum absolute atomic E-state index is 0.0197. The number of halogens is 2. The molecule has 0 spiro atoms. The van der Waals surface area contributed by atoms with Gasteiger partial charge in [-0.2, -0.15) is 0 Å². The first-order valence-corrected chi connectivity index (χ1v) is 9.39. The van der Waals surface area contributed by atoms with E-state index in [1.54, 1.807) is 18.2 Å². The van der Waals surface area contributed by atoms with Crippen LogP contribution in [0.15, 0.2) is 42.5 Å². The zero-order chi connectivity index (χ0) is 19.8. The van der Waals surface area contributed by atoms with Gasteiger partial charge in [0.15, 0.2) is 6.61 Å². The fourth-order valence-corrected chi connectivity index (χ4v) is 2.47. The lowest BCUT2D eigenvalue weighted by Crippen LogP contribution is -2.28. The van der Waals surface area contributed by atoms with Gasteiger partial charge in [-0.25, -0.2) is 0 Å². The summed E-state index contributed by atoms with van der Waals surface area (Å²) in [6.45, 7) is 4.04. The highest BCUT2D eigenvalue weighted by Crippen LogP contribution is 2.26. The van der Waals surface area contributed by atoms with Crippen LogP contribution < -0.4 is 15.4 Å². The average Bonchev–Trinajstić information content (AvgIpc) is 2.66. The van der Waals surface area contributed by atoms with Crippen LogP contribution in [0, 0.1) is 5.92 Å². The Bertz CT molecular complexity index is 812. The molecule has 0 heterocycles. The van der Waals surface area contributed by atoms with Crippen LogP contribution in [0.4, 0.5) is 5.69 Å². The van der Waals surface area contributed by atoms with E-state index in [2.05, 4.69) is 10.6 Å². The molecular formula is C20H22Cl2N2O3. The van der Waals surface area contributed by atoms with Crippen LogP contribution in [0.2, 0.25) is 10.0 Å². The number of rotatable bonds is 8. The Hall–Kier alpha value is -2.24. The van der Waals surface area contributed by atoms with Crippen molar-refractivity contribution in [2.24, 2.45) is 5.92 Å². The summed E-state index contributed by atoms with van der Waals surface area (Å²) < 4.78 is 5.39. The molecule has 144 valence electrons. The summed E-state index contributed by atoms with van der Waals surface area (Å²) in [6.07, 6.45) is 0.778. The summed E-state index contributed by atoms with van der Waals surface area (Å²) in [5, 5.41) is 6.44. The molecular weight excluding hydrogens is 387 g/mol. The number of carbonyl (C=O) groups is 2. The molecule has 2 aromatic carbocycles. The minimum atomic E-state index is -0.268. The molecule has 2 aromatic rings. The van der Waals surface area contributed by atoms with Gasteiger partial charge < -0.3 is 15.4 Å². The number of carbonyl (C=O) groups excluding carboxylic acids is 2. The largest absolute Gasteiger partial charge is 0.484 e. The number of benzene rings is 2. The van der Waals surface area contributed by atoms with Gasteiger partial charge in [0.1, 0.15) is 5.75 Å². The second-order valence-corrected chi connectivity index (χ2v) is 6.95. The Morgan fingerprint density at radius 1 is 1.11 bits per heavy atom. The minimum Gasteiger partial charge on any atom is -0.484 e. The molecule has 7 heteroatoms. The van der Waals surface area contributed by atoms with E-state index in [9.17, 15) is 9.59 Å². The quantitative estimate of drug-likeness (QED) is 0.666. The third-order valence-corrected chi connectivity index (χ3v) is 4.74. The fraction of sp³-hybridized carbons (Fsp3) is 0.300. The maximum absolute atomic E-state index is 12.0. The Morgan fingerprint density at radius 3 is 2.59 bits per heavy atom. The van der Waals surface area contributed by atoms with Crippen molar-refractivity contribution in [3.8, 4) is 5.75 Å². The lowest BCUT2D eigenvalue weighted by Gasteiger charge is -2.12. The Labute approximate surface area is 169 Å². The van der Waals surface area contributed by atoms with Gasteiger partial charge in [-0.1, -0.05) is 49.2 Å². The zero-order valence-electron chi connectivity index (χ0n) is 15.2. The third kappa shape index (κ3) is 6.77. The number of hydrogen-bond acceptors (Lipinski definition) is 3. The first-order valence-electron chi connectivity index (χ1n) is 8.63. The summed E-state index contributed by atoms with van der Waals surface area (Å²) in [7, 11) is 0. The van der Waals surface area contributed by atoms with Crippen LogP contribution in [0.3, 0.4) is 0 Å². The van der Waals surface area contributed by atoms with Gasteiger partial charge in [-0.3, -0.25) is 9.59 Å². The second-order valence-electron chi connectivity index (χ2n) is 6.14. The number of amides is 2. The summed E-state index contributed by atoms with van der Waals surface area (Å²) in [4.78, 5) is 23.9.